The molecule has 0 bridgehead atoms. The number of amides is 1. The molecule has 3 N–H and O–H groups in total. The number of carboxylic acids is 1. The van der Waals surface area contributed by atoms with Crippen molar-refractivity contribution in [1.82, 2.24) is 10.6 Å². The third-order valence-corrected chi connectivity index (χ3v) is 2.62. The lowest BCUT2D eigenvalue weighted by Crippen LogP contribution is -2.49. The van der Waals surface area contributed by atoms with Gasteiger partial charge in [-0.3, -0.25) is 4.79 Å². The molecule has 6 nitrogen and oxygen atoms in total. The molecule has 0 aromatic heterocycles. The summed E-state index contributed by atoms with van der Waals surface area (Å²) in [5.41, 5.74) is 0. The van der Waals surface area contributed by atoms with E-state index in [1.54, 1.807) is 0 Å². The van der Waals surface area contributed by atoms with Gasteiger partial charge in [0.25, 0.3) is 0 Å². The Morgan fingerprint density at radius 1 is 1.62 bits per heavy atom. The van der Waals surface area contributed by atoms with Crippen LogP contribution in [0.25, 0.3) is 0 Å². The Morgan fingerprint density at radius 2 is 2.38 bits per heavy atom. The summed E-state index contributed by atoms with van der Waals surface area (Å²) in [5.74, 6) is -1.41. The van der Waals surface area contributed by atoms with Gasteiger partial charge in [-0.2, -0.15) is 0 Å². The summed E-state index contributed by atoms with van der Waals surface area (Å²) in [5, 5.41) is 14.4. The predicted octanol–water partition coefficient (Wildman–Crippen LogP) is -0.798. The first-order valence-corrected chi connectivity index (χ1v) is 5.38. The molecule has 0 saturated carbocycles. The first kappa shape index (κ1) is 12.9. The van der Waals surface area contributed by atoms with Gasteiger partial charge in [0.05, 0.1) is 12.5 Å². The Kier molecular flexibility index (Phi) is 5.21. The highest BCUT2D eigenvalue weighted by molar-refractivity contribution is 5.85. The van der Waals surface area contributed by atoms with E-state index in [9.17, 15) is 9.59 Å². The maximum Gasteiger partial charge on any atom is 0.328 e. The SMILES string of the molecule is COCC(NC(=O)C1CCCNC1)C(=O)O. The van der Waals surface area contributed by atoms with Crippen LogP contribution in [0, 0.1) is 5.92 Å². The van der Waals surface area contributed by atoms with E-state index in [4.69, 9.17) is 9.84 Å². The molecule has 0 aliphatic carbocycles. The van der Waals surface area contributed by atoms with Crippen LogP contribution in [0.15, 0.2) is 0 Å². The van der Waals surface area contributed by atoms with Crippen LogP contribution in [-0.2, 0) is 14.3 Å². The molecular weight excluding hydrogens is 212 g/mol. The first-order chi connectivity index (χ1) is 7.65. The normalized spacial score (nSPS) is 22.4. The molecular formula is C10H18N2O4. The zero-order valence-electron chi connectivity index (χ0n) is 9.36. The third-order valence-electron chi connectivity index (χ3n) is 2.62. The zero-order chi connectivity index (χ0) is 12.0. The van der Waals surface area contributed by atoms with Crippen molar-refractivity contribution >= 4 is 11.9 Å². The van der Waals surface area contributed by atoms with Crippen molar-refractivity contribution in [3.05, 3.63) is 0 Å². The number of piperidine rings is 1. The van der Waals surface area contributed by atoms with Crippen LogP contribution in [-0.4, -0.2) is 49.8 Å². The lowest BCUT2D eigenvalue weighted by Gasteiger charge is -2.23. The zero-order valence-corrected chi connectivity index (χ0v) is 9.36. The van der Waals surface area contributed by atoms with Crippen LogP contribution in [0.5, 0.6) is 0 Å². The Labute approximate surface area is 94.3 Å². The molecule has 1 aliphatic heterocycles. The van der Waals surface area contributed by atoms with Crippen molar-refractivity contribution in [2.24, 2.45) is 5.92 Å². The van der Waals surface area contributed by atoms with Crippen LogP contribution in [0.1, 0.15) is 12.8 Å². The maximum atomic E-state index is 11.7. The summed E-state index contributed by atoms with van der Waals surface area (Å²) in [4.78, 5) is 22.5. The van der Waals surface area contributed by atoms with Gasteiger partial charge in [-0.15, -0.1) is 0 Å². The van der Waals surface area contributed by atoms with E-state index in [-0.39, 0.29) is 18.4 Å². The Bertz CT molecular complexity index is 251. The molecule has 16 heavy (non-hydrogen) atoms. The number of carboxylic acid groups (broad SMARTS) is 1. The van der Waals surface area contributed by atoms with Crippen molar-refractivity contribution in [3.8, 4) is 0 Å². The highest BCUT2D eigenvalue weighted by Gasteiger charge is 2.26. The van der Waals surface area contributed by atoms with Gasteiger partial charge in [0.2, 0.25) is 5.91 Å². The molecule has 0 aromatic carbocycles. The van der Waals surface area contributed by atoms with E-state index in [0.29, 0.717) is 6.54 Å². The smallest absolute Gasteiger partial charge is 0.328 e. The van der Waals surface area contributed by atoms with Gasteiger partial charge >= 0.3 is 5.97 Å². The average molecular weight is 230 g/mol. The number of methoxy groups -OCH3 is 1. The monoisotopic (exact) mass is 230 g/mol. The van der Waals surface area contributed by atoms with Crippen molar-refractivity contribution in [2.45, 2.75) is 18.9 Å². The fourth-order valence-electron chi connectivity index (χ4n) is 1.71. The number of nitrogens with one attached hydrogen (secondary N) is 2. The fraction of sp³-hybridized carbons (Fsp3) is 0.800. The summed E-state index contributed by atoms with van der Waals surface area (Å²) >= 11 is 0. The second-order valence-electron chi connectivity index (χ2n) is 3.90. The molecule has 1 rings (SSSR count). The second-order valence-corrected chi connectivity index (χ2v) is 3.90. The molecule has 1 amide bonds. The highest BCUT2D eigenvalue weighted by atomic mass is 16.5. The number of aliphatic carboxylic acids is 1. The molecule has 1 heterocycles. The highest BCUT2D eigenvalue weighted by Crippen LogP contribution is 2.09. The molecule has 1 fully saturated rings. The van der Waals surface area contributed by atoms with E-state index in [0.717, 1.165) is 19.4 Å². The van der Waals surface area contributed by atoms with Crippen molar-refractivity contribution < 1.29 is 19.4 Å². The molecule has 2 atom stereocenters. The summed E-state index contributed by atoms with van der Waals surface area (Å²) in [6.45, 7) is 1.52. The topological polar surface area (TPSA) is 87.7 Å². The third kappa shape index (κ3) is 3.79. The number of ether oxygens (including phenoxy) is 1. The molecule has 0 spiro atoms. The average Bonchev–Trinajstić information content (AvgIpc) is 2.29. The molecule has 6 heteroatoms. The lowest BCUT2D eigenvalue weighted by atomic mass is 9.98. The van der Waals surface area contributed by atoms with Gasteiger partial charge in [-0.05, 0) is 19.4 Å². The van der Waals surface area contributed by atoms with E-state index in [2.05, 4.69) is 10.6 Å². The number of hydrogen-bond donors (Lipinski definition) is 3. The van der Waals surface area contributed by atoms with Gasteiger partial charge in [-0.1, -0.05) is 0 Å². The van der Waals surface area contributed by atoms with Crippen molar-refractivity contribution in [1.29, 1.82) is 0 Å². The second kappa shape index (κ2) is 6.44. The summed E-state index contributed by atoms with van der Waals surface area (Å²) in [7, 11) is 1.41. The fourth-order valence-corrected chi connectivity index (χ4v) is 1.71. The van der Waals surface area contributed by atoms with Crippen LogP contribution in [0.3, 0.4) is 0 Å². The minimum atomic E-state index is -1.07. The molecule has 2 unspecified atom stereocenters. The molecule has 92 valence electrons. The standard InChI is InChI=1S/C10H18N2O4/c1-16-6-8(10(14)15)12-9(13)7-3-2-4-11-5-7/h7-8,11H,2-6H2,1H3,(H,12,13)(H,14,15). The predicted molar refractivity (Wildman–Crippen MR) is 57.0 cm³/mol. The van der Waals surface area contributed by atoms with Crippen LogP contribution in [0.4, 0.5) is 0 Å². The molecule has 0 aromatic rings. The summed E-state index contributed by atoms with van der Waals surface area (Å²) in [6.07, 6.45) is 1.75. The van der Waals surface area contributed by atoms with E-state index >= 15 is 0 Å². The Balaban J connectivity index is 2.43. The minimum absolute atomic E-state index is 0.0127. The van der Waals surface area contributed by atoms with E-state index in [1.807, 2.05) is 0 Å². The number of rotatable bonds is 5. The number of carbonyl (C=O) groups is 2. The van der Waals surface area contributed by atoms with E-state index < -0.39 is 12.0 Å². The molecule has 1 saturated heterocycles. The van der Waals surface area contributed by atoms with Crippen molar-refractivity contribution in [3.63, 3.8) is 0 Å². The summed E-state index contributed by atoms with van der Waals surface area (Å²) in [6, 6.07) is -0.959. The van der Waals surface area contributed by atoms with Gasteiger partial charge in [0.1, 0.15) is 0 Å². The Morgan fingerprint density at radius 3 is 2.88 bits per heavy atom. The number of carbonyl (C=O) groups excluding carboxylic acids is 1. The van der Waals surface area contributed by atoms with Gasteiger partial charge in [-0.25, -0.2) is 4.79 Å². The van der Waals surface area contributed by atoms with E-state index in [1.165, 1.54) is 7.11 Å². The van der Waals surface area contributed by atoms with Gasteiger partial charge in [0, 0.05) is 13.7 Å². The summed E-state index contributed by atoms with van der Waals surface area (Å²) < 4.78 is 4.74. The molecule has 0 radical (unpaired) electrons. The molecule has 1 aliphatic rings. The van der Waals surface area contributed by atoms with Crippen molar-refractivity contribution in [2.75, 3.05) is 26.8 Å². The maximum absolute atomic E-state index is 11.7. The number of hydrogen-bond acceptors (Lipinski definition) is 4. The van der Waals surface area contributed by atoms with Crippen LogP contribution < -0.4 is 10.6 Å². The van der Waals surface area contributed by atoms with Crippen LogP contribution >= 0.6 is 0 Å². The quantitative estimate of drug-likeness (QED) is 0.575. The van der Waals surface area contributed by atoms with Gasteiger partial charge in [0.15, 0.2) is 6.04 Å². The first-order valence-electron chi connectivity index (χ1n) is 5.38. The van der Waals surface area contributed by atoms with Crippen LogP contribution in [0.2, 0.25) is 0 Å². The van der Waals surface area contributed by atoms with Gasteiger partial charge < -0.3 is 20.5 Å². The largest absolute Gasteiger partial charge is 0.480 e. The lowest BCUT2D eigenvalue weighted by molar-refractivity contribution is -0.144. The minimum Gasteiger partial charge on any atom is -0.480 e. The Hall–Kier alpha value is -1.14.